The predicted octanol–water partition coefficient (Wildman–Crippen LogP) is 5.07. The fraction of sp³-hybridized carbons (Fsp3) is 0.250. The molecule has 0 aliphatic carbocycles. The molecule has 2 aromatic carbocycles. The van der Waals surface area contributed by atoms with Crippen LogP contribution in [0.4, 0.5) is 17.1 Å². The summed E-state index contributed by atoms with van der Waals surface area (Å²) in [6.45, 7) is 6.62. The van der Waals surface area contributed by atoms with Gasteiger partial charge in [0, 0.05) is 10.2 Å². The first kappa shape index (κ1) is 13.9. The Kier molecular flexibility index (Phi) is 3.85. The van der Waals surface area contributed by atoms with Crippen molar-refractivity contribution >= 4 is 33.0 Å². The number of rotatable bonds is 2. The predicted molar refractivity (Wildman–Crippen MR) is 87.0 cm³/mol. The van der Waals surface area contributed by atoms with Gasteiger partial charge in [-0.15, -0.1) is 0 Å². The maximum Gasteiger partial charge on any atom is 0.0618 e. The molecule has 2 rings (SSSR count). The summed E-state index contributed by atoms with van der Waals surface area (Å²) in [5, 5.41) is 3.43. The quantitative estimate of drug-likeness (QED) is 0.758. The minimum Gasteiger partial charge on any atom is -0.397 e. The topological polar surface area (TPSA) is 38.0 Å². The molecule has 0 fully saturated rings. The number of para-hydroxylation sites is 1. The molecule has 0 aromatic heterocycles. The number of nitrogens with two attached hydrogens (primary N) is 1. The lowest BCUT2D eigenvalue weighted by Crippen LogP contribution is -2.13. The van der Waals surface area contributed by atoms with Gasteiger partial charge in [-0.3, -0.25) is 0 Å². The fourth-order valence-electron chi connectivity index (χ4n) is 2.04. The first-order chi connectivity index (χ1) is 8.88. The van der Waals surface area contributed by atoms with Gasteiger partial charge in [0.2, 0.25) is 0 Å². The lowest BCUT2D eigenvalue weighted by molar-refractivity contribution is 0.592. The molecule has 0 radical (unpaired) electrons. The van der Waals surface area contributed by atoms with E-state index in [9.17, 15) is 0 Å². The van der Waals surface area contributed by atoms with E-state index in [1.165, 1.54) is 5.56 Å². The van der Waals surface area contributed by atoms with Crippen molar-refractivity contribution in [3.63, 3.8) is 0 Å². The number of anilines is 3. The molecule has 0 unspecified atom stereocenters. The summed E-state index contributed by atoms with van der Waals surface area (Å²) in [5.74, 6) is 0. The van der Waals surface area contributed by atoms with E-state index >= 15 is 0 Å². The molecule has 3 N–H and O–H groups in total. The molecule has 0 spiro atoms. The molecule has 0 heterocycles. The monoisotopic (exact) mass is 318 g/mol. The first-order valence-electron chi connectivity index (χ1n) is 6.29. The molecule has 0 saturated heterocycles. The zero-order valence-electron chi connectivity index (χ0n) is 11.5. The van der Waals surface area contributed by atoms with Crippen molar-refractivity contribution in [2.24, 2.45) is 0 Å². The van der Waals surface area contributed by atoms with Gasteiger partial charge in [-0.1, -0.05) is 54.9 Å². The Morgan fingerprint density at radius 3 is 2.32 bits per heavy atom. The Balaban J connectivity index is 2.39. The highest BCUT2D eigenvalue weighted by molar-refractivity contribution is 9.10. The van der Waals surface area contributed by atoms with Gasteiger partial charge >= 0.3 is 0 Å². The number of halogens is 1. The Hall–Kier alpha value is -1.48. The van der Waals surface area contributed by atoms with Gasteiger partial charge < -0.3 is 11.1 Å². The minimum atomic E-state index is 0.0910. The highest BCUT2D eigenvalue weighted by Gasteiger charge is 2.17. The Morgan fingerprint density at radius 1 is 1.00 bits per heavy atom. The van der Waals surface area contributed by atoms with Gasteiger partial charge in [-0.25, -0.2) is 0 Å². The first-order valence-corrected chi connectivity index (χ1v) is 7.09. The molecule has 0 bridgehead atoms. The molecule has 0 amide bonds. The number of hydrogen-bond donors (Lipinski definition) is 2. The third-order valence-electron chi connectivity index (χ3n) is 3.02. The van der Waals surface area contributed by atoms with Gasteiger partial charge in [-0.05, 0) is 35.2 Å². The van der Waals surface area contributed by atoms with E-state index in [0.29, 0.717) is 0 Å². The van der Waals surface area contributed by atoms with E-state index in [2.05, 4.69) is 60.2 Å². The lowest BCUT2D eigenvalue weighted by atomic mass is 9.86. The van der Waals surface area contributed by atoms with Crippen molar-refractivity contribution in [2.75, 3.05) is 11.1 Å². The SMILES string of the molecule is CC(C)(C)c1ccccc1Nc1ccc(Br)cc1N. The van der Waals surface area contributed by atoms with Crippen molar-refractivity contribution < 1.29 is 0 Å². The smallest absolute Gasteiger partial charge is 0.0618 e. The van der Waals surface area contributed by atoms with E-state index in [0.717, 1.165) is 21.5 Å². The lowest BCUT2D eigenvalue weighted by Gasteiger charge is -2.23. The zero-order chi connectivity index (χ0) is 14.0. The second-order valence-electron chi connectivity index (χ2n) is 5.65. The maximum absolute atomic E-state index is 6.04. The molecule has 2 aromatic rings. The van der Waals surface area contributed by atoms with Gasteiger partial charge in [-0.2, -0.15) is 0 Å². The highest BCUT2D eigenvalue weighted by Crippen LogP contribution is 2.33. The van der Waals surface area contributed by atoms with Crippen LogP contribution in [-0.2, 0) is 5.41 Å². The summed E-state index contributed by atoms with van der Waals surface area (Å²) < 4.78 is 0.986. The van der Waals surface area contributed by atoms with Crippen LogP contribution in [0.3, 0.4) is 0 Å². The maximum atomic E-state index is 6.04. The molecule has 3 heteroatoms. The van der Waals surface area contributed by atoms with Crippen molar-refractivity contribution in [2.45, 2.75) is 26.2 Å². The molecule has 19 heavy (non-hydrogen) atoms. The molecule has 100 valence electrons. The van der Waals surface area contributed by atoms with Crippen LogP contribution in [0.1, 0.15) is 26.3 Å². The molecule has 0 aliphatic heterocycles. The van der Waals surface area contributed by atoms with E-state index in [1.54, 1.807) is 0 Å². The second kappa shape index (κ2) is 5.25. The second-order valence-corrected chi connectivity index (χ2v) is 6.57. The van der Waals surface area contributed by atoms with E-state index in [1.807, 2.05) is 24.3 Å². The summed E-state index contributed by atoms with van der Waals surface area (Å²) >= 11 is 3.42. The summed E-state index contributed by atoms with van der Waals surface area (Å²) in [6.07, 6.45) is 0. The largest absolute Gasteiger partial charge is 0.397 e. The average Bonchev–Trinajstić information content (AvgIpc) is 2.32. The minimum absolute atomic E-state index is 0.0910. The number of nitrogen functional groups attached to an aromatic ring is 1. The van der Waals surface area contributed by atoms with Crippen LogP contribution in [0, 0.1) is 0 Å². The zero-order valence-corrected chi connectivity index (χ0v) is 13.1. The molecule has 0 aliphatic rings. The Labute approximate surface area is 123 Å². The van der Waals surface area contributed by atoms with Crippen LogP contribution in [0.15, 0.2) is 46.9 Å². The fourth-order valence-corrected chi connectivity index (χ4v) is 2.42. The van der Waals surface area contributed by atoms with E-state index in [-0.39, 0.29) is 5.41 Å². The van der Waals surface area contributed by atoms with Crippen molar-refractivity contribution in [1.29, 1.82) is 0 Å². The molecule has 2 nitrogen and oxygen atoms in total. The highest BCUT2D eigenvalue weighted by atomic mass is 79.9. The standard InChI is InChI=1S/C16H19BrN2/c1-16(2,3)12-6-4-5-7-14(12)19-15-9-8-11(17)10-13(15)18/h4-10,19H,18H2,1-3H3. The molecule has 0 atom stereocenters. The normalized spacial score (nSPS) is 11.4. The van der Waals surface area contributed by atoms with Gasteiger partial charge in [0.25, 0.3) is 0 Å². The van der Waals surface area contributed by atoms with Crippen LogP contribution >= 0.6 is 15.9 Å². The number of nitrogens with one attached hydrogen (secondary N) is 1. The summed E-state index contributed by atoms with van der Waals surface area (Å²) in [5.41, 5.74) is 10.2. The van der Waals surface area contributed by atoms with Crippen LogP contribution in [0.5, 0.6) is 0 Å². The van der Waals surface area contributed by atoms with E-state index in [4.69, 9.17) is 5.73 Å². The van der Waals surface area contributed by atoms with Crippen LogP contribution < -0.4 is 11.1 Å². The Bertz CT molecular complexity index is 586. The van der Waals surface area contributed by atoms with Crippen molar-refractivity contribution in [1.82, 2.24) is 0 Å². The average molecular weight is 319 g/mol. The number of benzene rings is 2. The third-order valence-corrected chi connectivity index (χ3v) is 3.51. The van der Waals surface area contributed by atoms with Crippen molar-refractivity contribution in [3.05, 3.63) is 52.5 Å². The Morgan fingerprint density at radius 2 is 1.68 bits per heavy atom. The van der Waals surface area contributed by atoms with Gasteiger partial charge in [0.15, 0.2) is 0 Å². The van der Waals surface area contributed by atoms with Gasteiger partial charge in [0.05, 0.1) is 11.4 Å². The summed E-state index contributed by atoms with van der Waals surface area (Å²) in [4.78, 5) is 0. The molecular weight excluding hydrogens is 300 g/mol. The summed E-state index contributed by atoms with van der Waals surface area (Å²) in [7, 11) is 0. The molecule has 0 saturated carbocycles. The van der Waals surface area contributed by atoms with Crippen LogP contribution in [0.25, 0.3) is 0 Å². The third kappa shape index (κ3) is 3.29. The summed E-state index contributed by atoms with van der Waals surface area (Å²) in [6, 6.07) is 14.2. The van der Waals surface area contributed by atoms with Gasteiger partial charge in [0.1, 0.15) is 0 Å². The van der Waals surface area contributed by atoms with Crippen LogP contribution in [-0.4, -0.2) is 0 Å². The number of hydrogen-bond acceptors (Lipinski definition) is 2. The van der Waals surface area contributed by atoms with Crippen molar-refractivity contribution in [3.8, 4) is 0 Å². The van der Waals surface area contributed by atoms with E-state index < -0.39 is 0 Å². The molecular formula is C16H19BrN2. The van der Waals surface area contributed by atoms with Crippen LogP contribution in [0.2, 0.25) is 0 Å².